The maximum absolute atomic E-state index is 13.5. The molecule has 2 atom stereocenters. The second kappa shape index (κ2) is 5.68. The first-order chi connectivity index (χ1) is 9.78. The Bertz CT molecular complexity index is 559. The van der Waals surface area contributed by atoms with Crippen molar-refractivity contribution < 1.29 is 9.50 Å². The van der Waals surface area contributed by atoms with Gasteiger partial charge in [-0.2, -0.15) is 0 Å². The Morgan fingerprint density at radius 1 is 1.30 bits per heavy atom. The number of aromatic nitrogens is 3. The Labute approximate surface area is 116 Å². The molecule has 20 heavy (non-hydrogen) atoms. The monoisotopic (exact) mass is 276 g/mol. The Balaban J connectivity index is 1.81. The lowest BCUT2D eigenvalue weighted by Crippen LogP contribution is -2.32. The molecule has 0 bridgehead atoms. The van der Waals surface area contributed by atoms with E-state index < -0.39 is 6.17 Å². The molecule has 1 aliphatic heterocycles. The Morgan fingerprint density at radius 2 is 2.10 bits per heavy atom. The van der Waals surface area contributed by atoms with Crippen molar-refractivity contribution in [2.24, 2.45) is 0 Å². The highest BCUT2D eigenvalue weighted by molar-refractivity contribution is 5.31. The summed E-state index contributed by atoms with van der Waals surface area (Å²) in [6, 6.07) is 9.65. The number of rotatable bonds is 4. The van der Waals surface area contributed by atoms with Gasteiger partial charge in [-0.15, -0.1) is 10.2 Å². The molecule has 1 N–H and O–H groups in total. The van der Waals surface area contributed by atoms with E-state index >= 15 is 0 Å². The van der Waals surface area contributed by atoms with Crippen LogP contribution in [0.5, 0.6) is 0 Å². The van der Waals surface area contributed by atoms with Gasteiger partial charge in [0.2, 0.25) is 0 Å². The highest BCUT2D eigenvalue weighted by atomic mass is 19.1. The number of aliphatic hydroxyl groups excluding tert-OH is 1. The van der Waals surface area contributed by atoms with E-state index in [4.69, 9.17) is 0 Å². The van der Waals surface area contributed by atoms with Gasteiger partial charge < -0.3 is 5.11 Å². The molecule has 0 aliphatic carbocycles. The molecule has 5 nitrogen and oxygen atoms in total. The van der Waals surface area contributed by atoms with Crippen LogP contribution in [0.25, 0.3) is 5.69 Å². The zero-order valence-corrected chi connectivity index (χ0v) is 11.1. The van der Waals surface area contributed by atoms with Gasteiger partial charge in [-0.3, -0.25) is 9.47 Å². The van der Waals surface area contributed by atoms with Gasteiger partial charge >= 0.3 is 0 Å². The van der Waals surface area contributed by atoms with Crippen molar-refractivity contribution in [3.8, 4) is 5.69 Å². The lowest BCUT2D eigenvalue weighted by molar-refractivity contribution is 0.150. The van der Waals surface area contributed by atoms with Crippen LogP contribution in [0.4, 0.5) is 4.39 Å². The SMILES string of the molecule is OC[C@@H]1C[C@H](F)CN1Cc1nncn1-c1ccccc1. The van der Waals surface area contributed by atoms with Crippen molar-refractivity contribution in [1.82, 2.24) is 19.7 Å². The summed E-state index contributed by atoms with van der Waals surface area (Å²) in [4.78, 5) is 1.92. The second-order valence-electron chi connectivity index (χ2n) is 5.05. The summed E-state index contributed by atoms with van der Waals surface area (Å²) in [7, 11) is 0. The standard InChI is InChI=1S/C14H17FN4O/c15-11-6-13(9-20)18(7-11)8-14-17-16-10-19(14)12-4-2-1-3-5-12/h1-5,10-11,13,20H,6-9H2/t11-,13-/m0/s1. The molecule has 1 aromatic carbocycles. The van der Waals surface area contributed by atoms with E-state index in [1.54, 1.807) is 6.33 Å². The molecule has 0 amide bonds. The summed E-state index contributed by atoms with van der Waals surface area (Å²) in [5, 5.41) is 17.4. The van der Waals surface area contributed by atoms with Gasteiger partial charge in [-0.25, -0.2) is 4.39 Å². The number of hydrogen-bond acceptors (Lipinski definition) is 4. The predicted molar refractivity (Wildman–Crippen MR) is 72.2 cm³/mol. The van der Waals surface area contributed by atoms with Crippen LogP contribution in [0, 0.1) is 0 Å². The maximum Gasteiger partial charge on any atom is 0.151 e. The van der Waals surface area contributed by atoms with Crippen molar-refractivity contribution in [2.75, 3.05) is 13.2 Å². The number of aliphatic hydroxyl groups is 1. The first kappa shape index (κ1) is 13.2. The van der Waals surface area contributed by atoms with Gasteiger partial charge in [-0.1, -0.05) is 18.2 Å². The fraction of sp³-hybridized carbons (Fsp3) is 0.429. The van der Waals surface area contributed by atoms with Crippen molar-refractivity contribution in [3.05, 3.63) is 42.5 Å². The molecule has 2 heterocycles. The molecule has 1 aromatic heterocycles. The first-order valence-corrected chi connectivity index (χ1v) is 6.71. The van der Waals surface area contributed by atoms with Crippen LogP contribution < -0.4 is 0 Å². The predicted octanol–water partition coefficient (Wildman–Crippen LogP) is 1.17. The molecule has 1 aliphatic rings. The number of para-hydroxylation sites is 1. The van der Waals surface area contributed by atoms with Gasteiger partial charge in [0, 0.05) is 18.3 Å². The van der Waals surface area contributed by atoms with E-state index in [0.29, 0.717) is 19.5 Å². The van der Waals surface area contributed by atoms with Crippen LogP contribution in [-0.4, -0.2) is 50.1 Å². The van der Waals surface area contributed by atoms with Crippen molar-refractivity contribution in [2.45, 2.75) is 25.2 Å². The van der Waals surface area contributed by atoms with Gasteiger partial charge in [0.05, 0.1) is 13.2 Å². The average molecular weight is 276 g/mol. The molecule has 1 fully saturated rings. The minimum atomic E-state index is -0.875. The van der Waals surface area contributed by atoms with Crippen LogP contribution >= 0.6 is 0 Å². The lowest BCUT2D eigenvalue weighted by atomic mass is 10.2. The molecule has 2 aromatic rings. The highest BCUT2D eigenvalue weighted by Crippen LogP contribution is 2.22. The van der Waals surface area contributed by atoms with Gasteiger partial charge in [-0.05, 0) is 18.6 Å². The van der Waals surface area contributed by atoms with Crippen LogP contribution in [0.1, 0.15) is 12.2 Å². The Kier molecular flexibility index (Phi) is 3.75. The van der Waals surface area contributed by atoms with Crippen LogP contribution in [0.2, 0.25) is 0 Å². The molecular weight excluding hydrogens is 259 g/mol. The molecule has 6 heteroatoms. The van der Waals surface area contributed by atoms with Gasteiger partial charge in [0.1, 0.15) is 12.5 Å². The summed E-state index contributed by atoms with van der Waals surface area (Å²) in [6.07, 6.45) is 1.16. The third kappa shape index (κ3) is 2.57. The number of halogens is 1. The van der Waals surface area contributed by atoms with E-state index in [2.05, 4.69) is 10.2 Å². The van der Waals surface area contributed by atoms with E-state index in [9.17, 15) is 9.50 Å². The fourth-order valence-electron chi connectivity index (χ4n) is 2.66. The Morgan fingerprint density at radius 3 is 2.85 bits per heavy atom. The van der Waals surface area contributed by atoms with E-state index in [1.165, 1.54) is 0 Å². The molecule has 106 valence electrons. The molecule has 3 rings (SSSR count). The Hall–Kier alpha value is -1.79. The van der Waals surface area contributed by atoms with E-state index in [1.807, 2.05) is 39.8 Å². The largest absolute Gasteiger partial charge is 0.395 e. The summed E-state index contributed by atoms with van der Waals surface area (Å²) >= 11 is 0. The minimum absolute atomic E-state index is 0.0279. The molecule has 0 unspecified atom stereocenters. The zero-order chi connectivity index (χ0) is 13.9. The number of likely N-dealkylation sites (tertiary alicyclic amines) is 1. The highest BCUT2D eigenvalue weighted by Gasteiger charge is 2.32. The molecule has 1 saturated heterocycles. The van der Waals surface area contributed by atoms with E-state index in [-0.39, 0.29) is 12.6 Å². The number of nitrogens with zero attached hydrogens (tertiary/aromatic N) is 4. The van der Waals surface area contributed by atoms with Crippen molar-refractivity contribution >= 4 is 0 Å². The van der Waals surface area contributed by atoms with Crippen molar-refractivity contribution in [1.29, 1.82) is 0 Å². The molecule has 0 radical (unpaired) electrons. The quantitative estimate of drug-likeness (QED) is 0.911. The fourth-order valence-corrected chi connectivity index (χ4v) is 2.66. The third-order valence-corrected chi connectivity index (χ3v) is 3.68. The van der Waals surface area contributed by atoms with Crippen LogP contribution in [-0.2, 0) is 6.54 Å². The molecule has 0 spiro atoms. The first-order valence-electron chi connectivity index (χ1n) is 6.71. The number of benzene rings is 1. The van der Waals surface area contributed by atoms with Crippen LogP contribution in [0.15, 0.2) is 36.7 Å². The zero-order valence-electron chi connectivity index (χ0n) is 11.1. The summed E-state index contributed by atoms with van der Waals surface area (Å²) < 4.78 is 15.4. The topological polar surface area (TPSA) is 54.2 Å². The van der Waals surface area contributed by atoms with E-state index in [0.717, 1.165) is 11.5 Å². The molecule has 0 saturated carbocycles. The second-order valence-corrected chi connectivity index (χ2v) is 5.05. The van der Waals surface area contributed by atoms with Gasteiger partial charge in [0.15, 0.2) is 5.82 Å². The van der Waals surface area contributed by atoms with Crippen LogP contribution in [0.3, 0.4) is 0 Å². The molecular formula is C14H17FN4O. The minimum Gasteiger partial charge on any atom is -0.395 e. The third-order valence-electron chi connectivity index (χ3n) is 3.68. The number of hydrogen-bond donors (Lipinski definition) is 1. The average Bonchev–Trinajstić information content (AvgIpc) is 3.07. The van der Waals surface area contributed by atoms with Gasteiger partial charge in [0.25, 0.3) is 0 Å². The maximum atomic E-state index is 13.5. The smallest absolute Gasteiger partial charge is 0.151 e. The number of alkyl halides is 1. The normalized spacial score (nSPS) is 23.3. The lowest BCUT2D eigenvalue weighted by Gasteiger charge is -2.21. The summed E-state index contributed by atoms with van der Waals surface area (Å²) in [5.41, 5.74) is 0.976. The summed E-state index contributed by atoms with van der Waals surface area (Å²) in [5.74, 6) is 0.753. The summed E-state index contributed by atoms with van der Waals surface area (Å²) in [6.45, 7) is 0.799. The van der Waals surface area contributed by atoms with Crippen molar-refractivity contribution in [3.63, 3.8) is 0 Å².